The Hall–Kier alpha value is -0.930. The molecular formula is C17H27N3. The van der Waals surface area contributed by atoms with Gasteiger partial charge in [-0.25, -0.2) is 0 Å². The highest BCUT2D eigenvalue weighted by atomic mass is 15.1. The summed E-state index contributed by atoms with van der Waals surface area (Å²) >= 11 is 0. The summed E-state index contributed by atoms with van der Waals surface area (Å²) in [7, 11) is 0. The molecule has 20 heavy (non-hydrogen) atoms. The number of rotatable bonds is 4. The van der Waals surface area contributed by atoms with E-state index >= 15 is 0 Å². The van der Waals surface area contributed by atoms with Gasteiger partial charge in [-0.05, 0) is 63.5 Å². The maximum atomic E-state index is 4.67. The minimum absolute atomic E-state index is 1.03. The molecule has 3 rings (SSSR count). The third-order valence-corrected chi connectivity index (χ3v) is 4.58. The lowest BCUT2D eigenvalue weighted by molar-refractivity contribution is 0.217. The van der Waals surface area contributed by atoms with Crippen molar-refractivity contribution < 1.29 is 0 Å². The van der Waals surface area contributed by atoms with Gasteiger partial charge < -0.3 is 0 Å². The van der Waals surface area contributed by atoms with Crippen LogP contribution in [0.15, 0.2) is 18.3 Å². The Morgan fingerprint density at radius 2 is 1.35 bits per heavy atom. The van der Waals surface area contributed by atoms with Crippen molar-refractivity contribution in [2.45, 2.75) is 51.6 Å². The van der Waals surface area contributed by atoms with Gasteiger partial charge in [0.2, 0.25) is 0 Å². The zero-order valence-electron chi connectivity index (χ0n) is 12.6. The molecule has 1 aromatic heterocycles. The lowest BCUT2D eigenvalue weighted by Gasteiger charge is -2.27. The van der Waals surface area contributed by atoms with Gasteiger partial charge in [0.15, 0.2) is 0 Å². The first-order chi connectivity index (χ1) is 9.90. The van der Waals surface area contributed by atoms with Crippen LogP contribution in [0.25, 0.3) is 0 Å². The van der Waals surface area contributed by atoms with Gasteiger partial charge in [-0.1, -0.05) is 18.9 Å². The van der Waals surface area contributed by atoms with Crippen molar-refractivity contribution >= 4 is 0 Å². The van der Waals surface area contributed by atoms with Gasteiger partial charge in [0.25, 0.3) is 0 Å². The molecule has 3 heterocycles. The van der Waals surface area contributed by atoms with Gasteiger partial charge in [0, 0.05) is 19.3 Å². The molecule has 2 fully saturated rings. The molecule has 0 amide bonds. The van der Waals surface area contributed by atoms with Gasteiger partial charge in [-0.2, -0.15) is 0 Å². The summed E-state index contributed by atoms with van der Waals surface area (Å²) < 4.78 is 0. The molecule has 0 spiro atoms. The molecule has 2 aliphatic rings. The van der Waals surface area contributed by atoms with E-state index in [4.69, 9.17) is 0 Å². The highest BCUT2D eigenvalue weighted by Crippen LogP contribution is 2.14. The topological polar surface area (TPSA) is 19.4 Å². The summed E-state index contributed by atoms with van der Waals surface area (Å²) in [5, 5.41) is 0. The Kier molecular flexibility index (Phi) is 5.04. The van der Waals surface area contributed by atoms with E-state index < -0.39 is 0 Å². The van der Waals surface area contributed by atoms with Crippen molar-refractivity contribution in [3.63, 3.8) is 0 Å². The van der Waals surface area contributed by atoms with E-state index in [1.165, 1.54) is 76.0 Å². The second-order valence-electron chi connectivity index (χ2n) is 6.33. The van der Waals surface area contributed by atoms with Crippen LogP contribution in [0, 0.1) is 0 Å². The van der Waals surface area contributed by atoms with Crippen molar-refractivity contribution in [2.24, 2.45) is 0 Å². The maximum absolute atomic E-state index is 4.67. The fraction of sp³-hybridized carbons (Fsp3) is 0.706. The number of hydrogen-bond acceptors (Lipinski definition) is 3. The normalized spacial score (nSPS) is 22.0. The Labute approximate surface area is 123 Å². The summed E-state index contributed by atoms with van der Waals surface area (Å²) in [6.07, 6.45) is 10.3. The van der Waals surface area contributed by atoms with Crippen LogP contribution in [0.3, 0.4) is 0 Å². The van der Waals surface area contributed by atoms with E-state index in [0.717, 1.165) is 13.1 Å². The lowest BCUT2D eigenvalue weighted by atomic mass is 10.1. The van der Waals surface area contributed by atoms with E-state index in [1.807, 2.05) is 0 Å². The van der Waals surface area contributed by atoms with Crippen molar-refractivity contribution in [2.75, 3.05) is 26.2 Å². The van der Waals surface area contributed by atoms with Crippen LogP contribution in [-0.2, 0) is 13.1 Å². The number of piperidine rings is 2. The number of nitrogens with zero attached hydrogens (tertiary/aromatic N) is 3. The molecule has 1 aromatic rings. The number of aromatic nitrogens is 1. The standard InChI is InChI=1S/C17H27N3/c1-3-9-19(10-4-1)14-16-7-8-17(18-13-16)15-20-11-5-2-6-12-20/h7-8,13H,1-6,9-12,14-15H2. The predicted octanol–water partition coefficient (Wildman–Crippen LogP) is 3.05. The van der Waals surface area contributed by atoms with Crippen molar-refractivity contribution in [1.29, 1.82) is 0 Å². The first kappa shape index (κ1) is 14.0. The van der Waals surface area contributed by atoms with Crippen LogP contribution in [0.4, 0.5) is 0 Å². The average Bonchev–Trinajstić information content (AvgIpc) is 2.51. The highest BCUT2D eigenvalue weighted by molar-refractivity contribution is 5.14. The number of hydrogen-bond donors (Lipinski definition) is 0. The third-order valence-electron chi connectivity index (χ3n) is 4.58. The van der Waals surface area contributed by atoms with Gasteiger partial charge in [-0.15, -0.1) is 0 Å². The molecule has 2 aliphatic heterocycles. The minimum Gasteiger partial charge on any atom is -0.299 e. The fourth-order valence-electron chi connectivity index (χ4n) is 3.36. The maximum Gasteiger partial charge on any atom is 0.0544 e. The third kappa shape index (κ3) is 4.03. The molecule has 0 aromatic carbocycles. The molecule has 0 radical (unpaired) electrons. The zero-order valence-corrected chi connectivity index (χ0v) is 12.6. The Balaban J connectivity index is 1.51. The van der Waals surface area contributed by atoms with Crippen LogP contribution in [0.2, 0.25) is 0 Å². The van der Waals surface area contributed by atoms with E-state index in [9.17, 15) is 0 Å². The van der Waals surface area contributed by atoms with Gasteiger partial charge in [-0.3, -0.25) is 14.8 Å². The molecule has 0 atom stereocenters. The van der Waals surface area contributed by atoms with E-state index in [1.54, 1.807) is 0 Å². The average molecular weight is 273 g/mol. The van der Waals surface area contributed by atoms with Crippen LogP contribution < -0.4 is 0 Å². The van der Waals surface area contributed by atoms with Crippen molar-refractivity contribution in [3.05, 3.63) is 29.6 Å². The summed E-state index contributed by atoms with van der Waals surface area (Å²) in [6, 6.07) is 4.51. The Morgan fingerprint density at radius 3 is 1.90 bits per heavy atom. The first-order valence-corrected chi connectivity index (χ1v) is 8.29. The Morgan fingerprint density at radius 1 is 0.750 bits per heavy atom. The monoisotopic (exact) mass is 273 g/mol. The molecular weight excluding hydrogens is 246 g/mol. The van der Waals surface area contributed by atoms with Gasteiger partial charge in [0.05, 0.1) is 5.69 Å². The van der Waals surface area contributed by atoms with Crippen LogP contribution in [0.1, 0.15) is 49.8 Å². The largest absolute Gasteiger partial charge is 0.299 e. The SMILES string of the molecule is c1cc(CN2CCCCC2)ncc1CN1CCCCC1. The van der Waals surface area contributed by atoms with Crippen molar-refractivity contribution in [3.8, 4) is 0 Å². The summed E-state index contributed by atoms with van der Waals surface area (Å²) in [4.78, 5) is 9.77. The second kappa shape index (κ2) is 7.19. The van der Waals surface area contributed by atoms with E-state index in [2.05, 4.69) is 33.1 Å². The van der Waals surface area contributed by atoms with Crippen LogP contribution in [0.5, 0.6) is 0 Å². The molecule has 2 saturated heterocycles. The predicted molar refractivity (Wildman–Crippen MR) is 82.5 cm³/mol. The lowest BCUT2D eigenvalue weighted by Crippen LogP contribution is -2.30. The highest BCUT2D eigenvalue weighted by Gasteiger charge is 2.12. The first-order valence-electron chi connectivity index (χ1n) is 8.29. The second-order valence-corrected chi connectivity index (χ2v) is 6.33. The molecule has 0 aliphatic carbocycles. The summed E-state index contributed by atoms with van der Waals surface area (Å²) in [5.74, 6) is 0. The Bertz CT molecular complexity index is 350. The molecule has 0 saturated carbocycles. The molecule has 3 heteroatoms. The zero-order chi connectivity index (χ0) is 13.6. The molecule has 0 N–H and O–H groups in total. The summed E-state index contributed by atoms with van der Waals surface area (Å²) in [6.45, 7) is 7.13. The van der Waals surface area contributed by atoms with Gasteiger partial charge >= 0.3 is 0 Å². The molecule has 0 unspecified atom stereocenters. The summed E-state index contributed by atoms with van der Waals surface area (Å²) in [5.41, 5.74) is 2.60. The van der Waals surface area contributed by atoms with Gasteiger partial charge in [0.1, 0.15) is 0 Å². The number of pyridine rings is 1. The van der Waals surface area contributed by atoms with Crippen LogP contribution in [-0.4, -0.2) is 41.0 Å². The molecule has 3 nitrogen and oxygen atoms in total. The minimum atomic E-state index is 1.03. The fourth-order valence-corrected chi connectivity index (χ4v) is 3.36. The quantitative estimate of drug-likeness (QED) is 0.840. The van der Waals surface area contributed by atoms with E-state index in [-0.39, 0.29) is 0 Å². The smallest absolute Gasteiger partial charge is 0.0544 e. The van der Waals surface area contributed by atoms with E-state index in [0.29, 0.717) is 0 Å². The molecule has 0 bridgehead atoms. The molecule has 110 valence electrons. The van der Waals surface area contributed by atoms with Crippen LogP contribution >= 0.6 is 0 Å². The van der Waals surface area contributed by atoms with Crippen molar-refractivity contribution in [1.82, 2.24) is 14.8 Å². The number of likely N-dealkylation sites (tertiary alicyclic amines) is 2.